The van der Waals surface area contributed by atoms with E-state index >= 15 is 0 Å². The molecule has 0 atom stereocenters. The quantitative estimate of drug-likeness (QED) is 0.715. The lowest BCUT2D eigenvalue weighted by atomic mass is 10.1. The first kappa shape index (κ1) is 14.7. The van der Waals surface area contributed by atoms with E-state index in [2.05, 4.69) is 20.6 Å². The Morgan fingerprint density at radius 3 is 2.91 bits per heavy atom. The Morgan fingerprint density at radius 2 is 2.13 bits per heavy atom. The van der Waals surface area contributed by atoms with Gasteiger partial charge in [-0.3, -0.25) is 9.78 Å². The summed E-state index contributed by atoms with van der Waals surface area (Å²) in [7, 11) is 0. The summed E-state index contributed by atoms with van der Waals surface area (Å²) in [5.74, 6) is 0.271. The predicted molar refractivity (Wildman–Crippen MR) is 86.4 cm³/mol. The Morgan fingerprint density at radius 1 is 1.26 bits per heavy atom. The first-order valence-electron chi connectivity index (χ1n) is 6.96. The minimum atomic E-state index is -0.414. The maximum Gasteiger partial charge on any atom is 0.336 e. The van der Waals surface area contributed by atoms with Gasteiger partial charge in [-0.25, -0.2) is 9.78 Å². The van der Waals surface area contributed by atoms with Crippen molar-refractivity contribution in [2.24, 2.45) is 0 Å². The van der Waals surface area contributed by atoms with Gasteiger partial charge in [0.25, 0.3) is 0 Å². The molecule has 0 unspecified atom stereocenters. The molecule has 3 rings (SSSR count). The molecule has 0 saturated carbocycles. The summed E-state index contributed by atoms with van der Waals surface area (Å²) < 4.78 is 5.15. The molecular formula is C16H14N4O3. The van der Waals surface area contributed by atoms with Crippen LogP contribution in [0.25, 0.3) is 11.0 Å². The molecule has 1 aromatic carbocycles. The van der Waals surface area contributed by atoms with Crippen LogP contribution >= 0.6 is 0 Å². The van der Waals surface area contributed by atoms with Gasteiger partial charge in [0.1, 0.15) is 11.4 Å². The van der Waals surface area contributed by atoms with Crippen molar-refractivity contribution >= 4 is 28.4 Å². The number of benzene rings is 1. The van der Waals surface area contributed by atoms with Gasteiger partial charge in [-0.2, -0.15) is 0 Å². The minimum absolute atomic E-state index is 0.0501. The van der Waals surface area contributed by atoms with Gasteiger partial charge in [0.2, 0.25) is 5.91 Å². The average Bonchev–Trinajstić information content (AvgIpc) is 2.53. The van der Waals surface area contributed by atoms with Crippen molar-refractivity contribution < 1.29 is 9.21 Å². The number of hydrogen-bond donors (Lipinski definition) is 2. The Kier molecular flexibility index (Phi) is 4.01. The number of anilines is 2. The summed E-state index contributed by atoms with van der Waals surface area (Å²) in [6, 6.07) is 6.63. The van der Waals surface area contributed by atoms with Crippen molar-refractivity contribution in [3.63, 3.8) is 0 Å². The zero-order valence-corrected chi connectivity index (χ0v) is 12.4. The fraction of sp³-hybridized carbons (Fsp3) is 0.125. The largest absolute Gasteiger partial charge is 0.423 e. The SMILES string of the molecule is Cc1cc(=O)oc2cc(NC(=O)CNc3cnccn3)ccc12. The summed E-state index contributed by atoms with van der Waals surface area (Å²) in [5.41, 5.74) is 1.41. The maximum atomic E-state index is 11.9. The number of rotatable bonds is 4. The van der Waals surface area contributed by atoms with Crippen LogP contribution < -0.4 is 16.3 Å². The average molecular weight is 310 g/mol. The molecule has 7 heteroatoms. The van der Waals surface area contributed by atoms with Gasteiger partial charge < -0.3 is 15.1 Å². The molecule has 0 saturated heterocycles. The van der Waals surface area contributed by atoms with Gasteiger partial charge in [-0.15, -0.1) is 0 Å². The number of hydrogen-bond acceptors (Lipinski definition) is 6. The summed E-state index contributed by atoms with van der Waals surface area (Å²) in [5, 5.41) is 6.43. The molecular weight excluding hydrogens is 296 g/mol. The highest BCUT2D eigenvalue weighted by atomic mass is 16.4. The van der Waals surface area contributed by atoms with Crippen LogP contribution in [0.3, 0.4) is 0 Å². The number of amides is 1. The van der Waals surface area contributed by atoms with Crippen LogP contribution in [-0.2, 0) is 4.79 Å². The molecule has 0 bridgehead atoms. The second-order valence-corrected chi connectivity index (χ2v) is 4.95. The maximum absolute atomic E-state index is 11.9. The number of fused-ring (bicyclic) bond motifs is 1. The zero-order chi connectivity index (χ0) is 16.2. The zero-order valence-electron chi connectivity index (χ0n) is 12.4. The van der Waals surface area contributed by atoms with Crippen LogP contribution in [0.4, 0.5) is 11.5 Å². The van der Waals surface area contributed by atoms with Crippen molar-refractivity contribution in [3.05, 3.63) is 58.8 Å². The third kappa shape index (κ3) is 3.52. The number of nitrogens with zero attached hydrogens (tertiary/aromatic N) is 2. The minimum Gasteiger partial charge on any atom is -0.423 e. The van der Waals surface area contributed by atoms with Crippen LogP contribution in [0.15, 0.2) is 52.1 Å². The van der Waals surface area contributed by atoms with Crippen molar-refractivity contribution in [2.45, 2.75) is 6.92 Å². The standard InChI is InChI=1S/C16H14N4O3/c1-10-6-16(22)23-13-7-11(2-3-12(10)13)20-15(21)9-19-14-8-17-4-5-18-14/h2-8H,9H2,1H3,(H,18,19)(H,20,21). The van der Waals surface area contributed by atoms with E-state index in [4.69, 9.17) is 4.42 Å². The highest BCUT2D eigenvalue weighted by Gasteiger charge is 2.06. The molecule has 116 valence electrons. The van der Waals surface area contributed by atoms with Gasteiger partial charge in [0.15, 0.2) is 0 Å². The van der Waals surface area contributed by atoms with E-state index in [1.54, 1.807) is 24.4 Å². The normalized spacial score (nSPS) is 10.5. The summed E-state index contributed by atoms with van der Waals surface area (Å²) >= 11 is 0. The van der Waals surface area contributed by atoms with Crippen molar-refractivity contribution in [3.8, 4) is 0 Å². The molecule has 2 aromatic heterocycles. The molecule has 0 aliphatic carbocycles. The Balaban J connectivity index is 1.71. The van der Waals surface area contributed by atoms with Crippen LogP contribution in [0.1, 0.15) is 5.56 Å². The van der Waals surface area contributed by atoms with Crippen LogP contribution in [0.2, 0.25) is 0 Å². The van der Waals surface area contributed by atoms with Crippen molar-refractivity contribution in [2.75, 3.05) is 17.2 Å². The number of aryl methyl sites for hydroxylation is 1. The van der Waals surface area contributed by atoms with Crippen LogP contribution in [0.5, 0.6) is 0 Å². The predicted octanol–water partition coefficient (Wildman–Crippen LogP) is 1.94. The molecule has 23 heavy (non-hydrogen) atoms. The van der Waals surface area contributed by atoms with E-state index < -0.39 is 5.63 Å². The van der Waals surface area contributed by atoms with Gasteiger partial charge in [-0.1, -0.05) is 0 Å². The van der Waals surface area contributed by atoms with E-state index in [9.17, 15) is 9.59 Å². The fourth-order valence-corrected chi connectivity index (χ4v) is 2.17. The van der Waals surface area contributed by atoms with E-state index in [-0.39, 0.29) is 12.5 Å². The lowest BCUT2D eigenvalue weighted by molar-refractivity contribution is -0.114. The van der Waals surface area contributed by atoms with E-state index in [1.165, 1.54) is 18.5 Å². The van der Waals surface area contributed by atoms with E-state index in [0.29, 0.717) is 17.1 Å². The lowest BCUT2D eigenvalue weighted by Crippen LogP contribution is -2.22. The van der Waals surface area contributed by atoms with Crippen LogP contribution in [0, 0.1) is 6.92 Å². The molecule has 0 spiro atoms. The Labute approximate surface area is 131 Å². The molecule has 0 radical (unpaired) electrons. The first-order chi connectivity index (χ1) is 11.1. The summed E-state index contributed by atoms with van der Waals surface area (Å²) in [4.78, 5) is 31.3. The number of carbonyl (C=O) groups excluding carboxylic acids is 1. The molecule has 0 aliphatic rings. The summed E-state index contributed by atoms with van der Waals surface area (Å²) in [6.07, 6.45) is 4.62. The second kappa shape index (κ2) is 6.27. The van der Waals surface area contributed by atoms with Crippen molar-refractivity contribution in [1.82, 2.24) is 9.97 Å². The van der Waals surface area contributed by atoms with E-state index in [1.807, 2.05) is 6.92 Å². The molecule has 0 aliphatic heterocycles. The topological polar surface area (TPSA) is 97.1 Å². The number of aromatic nitrogens is 2. The third-order valence-corrected chi connectivity index (χ3v) is 3.23. The Hall–Kier alpha value is -3.22. The summed E-state index contributed by atoms with van der Waals surface area (Å²) in [6.45, 7) is 1.89. The molecule has 2 N–H and O–H groups in total. The van der Waals surface area contributed by atoms with Gasteiger partial charge in [0.05, 0.1) is 12.7 Å². The van der Waals surface area contributed by atoms with Crippen molar-refractivity contribution in [1.29, 1.82) is 0 Å². The highest BCUT2D eigenvalue weighted by molar-refractivity contribution is 5.95. The molecule has 2 heterocycles. The van der Waals surface area contributed by atoms with E-state index in [0.717, 1.165) is 10.9 Å². The van der Waals surface area contributed by atoms with Gasteiger partial charge in [0, 0.05) is 35.6 Å². The fourth-order valence-electron chi connectivity index (χ4n) is 2.17. The highest BCUT2D eigenvalue weighted by Crippen LogP contribution is 2.20. The second-order valence-electron chi connectivity index (χ2n) is 4.95. The molecule has 7 nitrogen and oxygen atoms in total. The van der Waals surface area contributed by atoms with Gasteiger partial charge >= 0.3 is 5.63 Å². The Bertz CT molecular complexity index is 906. The molecule has 0 fully saturated rings. The molecule has 1 amide bonds. The van der Waals surface area contributed by atoms with Gasteiger partial charge in [-0.05, 0) is 24.6 Å². The monoisotopic (exact) mass is 310 g/mol. The number of carbonyl (C=O) groups is 1. The third-order valence-electron chi connectivity index (χ3n) is 3.23. The molecule has 3 aromatic rings. The number of nitrogens with one attached hydrogen (secondary N) is 2. The first-order valence-corrected chi connectivity index (χ1v) is 6.96. The smallest absolute Gasteiger partial charge is 0.336 e. The van der Waals surface area contributed by atoms with Crippen LogP contribution in [-0.4, -0.2) is 22.4 Å². The lowest BCUT2D eigenvalue weighted by Gasteiger charge is -2.08.